The van der Waals surface area contributed by atoms with Gasteiger partial charge in [-0.25, -0.2) is 12.7 Å². The van der Waals surface area contributed by atoms with Crippen LogP contribution < -0.4 is 5.32 Å². The third kappa shape index (κ3) is 5.25. The first-order valence-corrected chi connectivity index (χ1v) is 12.0. The minimum absolute atomic E-state index is 0.0569. The quantitative estimate of drug-likeness (QED) is 0.684. The van der Waals surface area contributed by atoms with Crippen LogP contribution in [0.3, 0.4) is 0 Å². The molecule has 2 aromatic rings. The number of benzene rings is 1. The summed E-state index contributed by atoms with van der Waals surface area (Å²) in [6, 6.07) is 9.71. The van der Waals surface area contributed by atoms with Gasteiger partial charge in [0.2, 0.25) is 10.0 Å². The first kappa shape index (κ1) is 22.4. The smallest absolute Gasteiger partial charge is 0.261 e. The van der Waals surface area contributed by atoms with Crippen LogP contribution in [0.5, 0.6) is 0 Å². The van der Waals surface area contributed by atoms with Gasteiger partial charge >= 0.3 is 0 Å². The summed E-state index contributed by atoms with van der Waals surface area (Å²) < 4.78 is 25.4. The Bertz CT molecular complexity index is 965. The van der Waals surface area contributed by atoms with Crippen LogP contribution in [0.4, 0.5) is 0 Å². The standard InChI is InChI=1S/C20H26N4O4S2/c1-22(2)30(27,28)17-7-5-16(6-8-17)20(26)24-13-11-23(12-14-24)10-9-21-19(25)18-4-3-15-29-18/h3-8,15H,9-14H2,1-2H3,(H,21,25). The van der Waals surface area contributed by atoms with Gasteiger partial charge in [0.1, 0.15) is 0 Å². The van der Waals surface area contributed by atoms with E-state index in [1.54, 1.807) is 23.1 Å². The van der Waals surface area contributed by atoms with Gasteiger partial charge in [-0.1, -0.05) is 6.07 Å². The molecule has 10 heteroatoms. The van der Waals surface area contributed by atoms with Crippen molar-refractivity contribution in [3.05, 3.63) is 52.2 Å². The van der Waals surface area contributed by atoms with E-state index in [0.29, 0.717) is 30.1 Å². The Labute approximate surface area is 181 Å². The SMILES string of the molecule is CN(C)S(=O)(=O)c1ccc(C(=O)N2CCN(CCNC(=O)c3cccs3)CC2)cc1. The number of nitrogens with zero attached hydrogens (tertiary/aromatic N) is 3. The Balaban J connectivity index is 1.46. The lowest BCUT2D eigenvalue weighted by Crippen LogP contribution is -2.50. The fraction of sp³-hybridized carbons (Fsp3) is 0.400. The van der Waals surface area contributed by atoms with Gasteiger partial charge < -0.3 is 10.2 Å². The molecular formula is C20H26N4O4S2. The van der Waals surface area contributed by atoms with Crippen LogP contribution in [0.25, 0.3) is 0 Å². The molecule has 0 saturated carbocycles. The number of carbonyl (C=O) groups is 2. The Morgan fingerprint density at radius 1 is 1.07 bits per heavy atom. The molecule has 0 unspecified atom stereocenters. The lowest BCUT2D eigenvalue weighted by Gasteiger charge is -2.34. The van der Waals surface area contributed by atoms with E-state index in [2.05, 4.69) is 10.2 Å². The lowest BCUT2D eigenvalue weighted by atomic mass is 10.2. The second-order valence-electron chi connectivity index (χ2n) is 7.18. The van der Waals surface area contributed by atoms with Crippen LogP contribution in [0.2, 0.25) is 0 Å². The average molecular weight is 451 g/mol. The molecule has 1 N–H and O–H groups in total. The molecule has 2 amide bonds. The maximum Gasteiger partial charge on any atom is 0.261 e. The van der Waals surface area contributed by atoms with E-state index in [4.69, 9.17) is 0 Å². The van der Waals surface area contributed by atoms with Crippen molar-refractivity contribution in [2.75, 3.05) is 53.4 Å². The molecular weight excluding hydrogens is 424 g/mol. The molecule has 8 nitrogen and oxygen atoms in total. The van der Waals surface area contributed by atoms with Crippen molar-refractivity contribution >= 4 is 33.2 Å². The van der Waals surface area contributed by atoms with E-state index in [1.807, 2.05) is 11.4 Å². The van der Waals surface area contributed by atoms with Crippen LogP contribution in [0.15, 0.2) is 46.7 Å². The van der Waals surface area contributed by atoms with Crippen molar-refractivity contribution < 1.29 is 18.0 Å². The summed E-state index contributed by atoms with van der Waals surface area (Å²) in [5.74, 6) is -0.159. The van der Waals surface area contributed by atoms with Crippen LogP contribution >= 0.6 is 11.3 Å². The molecule has 0 radical (unpaired) electrons. The highest BCUT2D eigenvalue weighted by atomic mass is 32.2. The van der Waals surface area contributed by atoms with E-state index in [-0.39, 0.29) is 16.7 Å². The largest absolute Gasteiger partial charge is 0.350 e. The normalized spacial score (nSPS) is 15.4. The first-order valence-electron chi connectivity index (χ1n) is 9.65. The van der Waals surface area contributed by atoms with Gasteiger partial charge in [-0.05, 0) is 35.7 Å². The lowest BCUT2D eigenvalue weighted by molar-refractivity contribution is 0.0638. The molecule has 2 heterocycles. The van der Waals surface area contributed by atoms with Crippen molar-refractivity contribution in [3.63, 3.8) is 0 Å². The predicted molar refractivity (Wildman–Crippen MR) is 116 cm³/mol. The number of rotatable bonds is 7. The average Bonchev–Trinajstić information content (AvgIpc) is 3.29. The Kier molecular flexibility index (Phi) is 7.24. The molecule has 0 aliphatic carbocycles. The van der Waals surface area contributed by atoms with Crippen molar-refractivity contribution in [1.82, 2.24) is 19.4 Å². The van der Waals surface area contributed by atoms with Crippen LogP contribution in [-0.4, -0.2) is 87.7 Å². The Hall–Kier alpha value is -2.27. The maximum absolute atomic E-state index is 12.7. The number of carbonyl (C=O) groups excluding carboxylic acids is 2. The molecule has 162 valence electrons. The van der Waals surface area contributed by atoms with E-state index in [1.165, 1.54) is 37.6 Å². The zero-order valence-electron chi connectivity index (χ0n) is 17.1. The summed E-state index contributed by atoms with van der Waals surface area (Å²) in [5, 5.41) is 4.79. The summed E-state index contributed by atoms with van der Waals surface area (Å²) in [7, 11) is -0.561. The minimum atomic E-state index is -3.51. The highest BCUT2D eigenvalue weighted by Crippen LogP contribution is 2.16. The number of amides is 2. The molecule has 0 bridgehead atoms. The molecule has 1 aromatic carbocycles. The number of nitrogens with one attached hydrogen (secondary N) is 1. The molecule has 1 fully saturated rings. The van der Waals surface area contributed by atoms with Crippen molar-refractivity contribution in [3.8, 4) is 0 Å². The third-order valence-electron chi connectivity index (χ3n) is 5.00. The summed E-state index contributed by atoms with van der Waals surface area (Å²) >= 11 is 1.42. The minimum Gasteiger partial charge on any atom is -0.350 e. The predicted octanol–water partition coefficient (Wildman–Crippen LogP) is 1.19. The second-order valence-corrected chi connectivity index (χ2v) is 10.3. The number of hydrogen-bond donors (Lipinski definition) is 1. The summed E-state index contributed by atoms with van der Waals surface area (Å²) in [6.45, 7) is 3.94. The Morgan fingerprint density at radius 3 is 2.30 bits per heavy atom. The molecule has 0 atom stereocenters. The first-order chi connectivity index (χ1) is 14.3. The van der Waals surface area contributed by atoms with Crippen molar-refractivity contribution in [2.24, 2.45) is 0 Å². The Morgan fingerprint density at radius 2 is 1.73 bits per heavy atom. The summed E-state index contributed by atoms with van der Waals surface area (Å²) in [4.78, 5) is 29.5. The highest BCUT2D eigenvalue weighted by Gasteiger charge is 2.23. The number of thiophene rings is 1. The fourth-order valence-electron chi connectivity index (χ4n) is 3.16. The number of sulfonamides is 1. The molecule has 1 aromatic heterocycles. The topological polar surface area (TPSA) is 90.0 Å². The van der Waals surface area contributed by atoms with Gasteiger partial charge in [-0.15, -0.1) is 11.3 Å². The molecule has 3 rings (SSSR count). The maximum atomic E-state index is 12.7. The van der Waals surface area contributed by atoms with Crippen molar-refractivity contribution in [1.29, 1.82) is 0 Å². The van der Waals surface area contributed by atoms with Crippen LogP contribution in [0.1, 0.15) is 20.0 Å². The monoisotopic (exact) mass is 450 g/mol. The van der Waals surface area contributed by atoms with Gasteiger partial charge in [-0.2, -0.15) is 0 Å². The van der Waals surface area contributed by atoms with E-state index in [9.17, 15) is 18.0 Å². The molecule has 1 saturated heterocycles. The van der Waals surface area contributed by atoms with Gasteiger partial charge in [0.25, 0.3) is 11.8 Å². The third-order valence-corrected chi connectivity index (χ3v) is 7.70. The number of piperazine rings is 1. The zero-order chi connectivity index (χ0) is 21.7. The molecule has 1 aliphatic rings. The van der Waals surface area contributed by atoms with Crippen LogP contribution in [0, 0.1) is 0 Å². The second kappa shape index (κ2) is 9.69. The highest BCUT2D eigenvalue weighted by molar-refractivity contribution is 7.89. The molecule has 30 heavy (non-hydrogen) atoms. The fourth-order valence-corrected chi connectivity index (χ4v) is 4.70. The van der Waals surface area contributed by atoms with E-state index < -0.39 is 10.0 Å². The van der Waals surface area contributed by atoms with Crippen molar-refractivity contribution in [2.45, 2.75) is 4.90 Å². The summed E-state index contributed by atoms with van der Waals surface area (Å²) in [5.41, 5.74) is 0.476. The van der Waals surface area contributed by atoms with Gasteiger partial charge in [0.05, 0.1) is 9.77 Å². The number of hydrogen-bond acceptors (Lipinski definition) is 6. The molecule has 0 spiro atoms. The van der Waals surface area contributed by atoms with Crippen LogP contribution in [-0.2, 0) is 10.0 Å². The van der Waals surface area contributed by atoms with E-state index >= 15 is 0 Å². The van der Waals surface area contributed by atoms with E-state index in [0.717, 1.165) is 23.9 Å². The molecule has 1 aliphatic heterocycles. The summed E-state index contributed by atoms with van der Waals surface area (Å²) in [6.07, 6.45) is 0. The zero-order valence-corrected chi connectivity index (χ0v) is 18.7. The van der Waals surface area contributed by atoms with Gasteiger partial charge in [0.15, 0.2) is 0 Å². The van der Waals surface area contributed by atoms with Gasteiger partial charge in [-0.3, -0.25) is 14.5 Å². The van der Waals surface area contributed by atoms with Gasteiger partial charge in [0, 0.05) is 58.9 Å².